The van der Waals surface area contributed by atoms with Crippen molar-refractivity contribution in [2.24, 2.45) is 0 Å². The summed E-state index contributed by atoms with van der Waals surface area (Å²) in [5, 5.41) is 11.3. The minimum absolute atomic E-state index is 0.269. The predicted molar refractivity (Wildman–Crippen MR) is 80.0 cm³/mol. The second-order valence-electron chi connectivity index (χ2n) is 4.42. The highest BCUT2D eigenvalue weighted by molar-refractivity contribution is 6.03. The number of nitrogens with one attached hydrogen (secondary N) is 1. The number of aromatic nitrogens is 1. The number of anilines is 1. The number of benzene rings is 1. The standard InChI is InChI=1S/C16H14N2O3/c1-11-4-2-3-5-13(11)18-16(21)14-8-6-12(10-17-14)7-9-15(19)20/h2-10H,1H3,(H,18,21)(H,19,20). The van der Waals surface area contributed by atoms with E-state index in [0.717, 1.165) is 17.3 Å². The van der Waals surface area contributed by atoms with Crippen LogP contribution in [0, 0.1) is 6.92 Å². The van der Waals surface area contributed by atoms with Gasteiger partial charge >= 0.3 is 5.97 Å². The number of hydrogen-bond donors (Lipinski definition) is 2. The molecule has 2 aromatic rings. The maximum atomic E-state index is 12.1. The van der Waals surface area contributed by atoms with Crippen LogP contribution in [0.4, 0.5) is 5.69 Å². The van der Waals surface area contributed by atoms with Crippen LogP contribution in [-0.4, -0.2) is 22.0 Å². The van der Waals surface area contributed by atoms with Gasteiger partial charge in [-0.15, -0.1) is 0 Å². The van der Waals surface area contributed by atoms with Crippen LogP contribution < -0.4 is 5.32 Å². The van der Waals surface area contributed by atoms with Gasteiger partial charge in [-0.1, -0.05) is 24.3 Å². The Morgan fingerprint density at radius 1 is 1.19 bits per heavy atom. The quantitative estimate of drug-likeness (QED) is 0.845. The lowest BCUT2D eigenvalue weighted by molar-refractivity contribution is -0.131. The van der Waals surface area contributed by atoms with Gasteiger partial charge in [-0.05, 0) is 36.3 Å². The molecule has 0 atom stereocenters. The first-order valence-corrected chi connectivity index (χ1v) is 6.30. The smallest absolute Gasteiger partial charge is 0.328 e. The van der Waals surface area contributed by atoms with E-state index < -0.39 is 5.97 Å². The van der Waals surface area contributed by atoms with Crippen molar-refractivity contribution in [3.05, 3.63) is 65.5 Å². The average molecular weight is 282 g/mol. The first-order chi connectivity index (χ1) is 10.1. The highest BCUT2D eigenvalue weighted by Gasteiger charge is 2.08. The van der Waals surface area contributed by atoms with E-state index >= 15 is 0 Å². The fraction of sp³-hybridized carbons (Fsp3) is 0.0625. The van der Waals surface area contributed by atoms with E-state index in [4.69, 9.17) is 5.11 Å². The minimum Gasteiger partial charge on any atom is -0.478 e. The Bertz CT molecular complexity index is 691. The molecule has 1 aromatic carbocycles. The zero-order valence-electron chi connectivity index (χ0n) is 11.4. The van der Waals surface area contributed by atoms with Crippen LogP contribution in [0.25, 0.3) is 6.08 Å². The molecule has 0 radical (unpaired) electrons. The molecular formula is C16H14N2O3. The molecule has 0 aliphatic rings. The van der Waals surface area contributed by atoms with Crippen molar-refractivity contribution >= 4 is 23.6 Å². The van der Waals surface area contributed by atoms with Gasteiger partial charge in [-0.25, -0.2) is 4.79 Å². The molecule has 5 nitrogen and oxygen atoms in total. The fourth-order valence-electron chi connectivity index (χ4n) is 1.71. The summed E-state index contributed by atoms with van der Waals surface area (Å²) in [5.74, 6) is -1.34. The van der Waals surface area contributed by atoms with Crippen LogP contribution in [0.15, 0.2) is 48.7 Å². The maximum absolute atomic E-state index is 12.1. The highest BCUT2D eigenvalue weighted by atomic mass is 16.4. The summed E-state index contributed by atoms with van der Waals surface area (Å²) in [6.07, 6.45) is 3.88. The van der Waals surface area contributed by atoms with E-state index in [1.54, 1.807) is 12.1 Å². The van der Waals surface area contributed by atoms with E-state index in [-0.39, 0.29) is 11.6 Å². The summed E-state index contributed by atoms with van der Waals surface area (Å²) in [5.41, 5.74) is 2.58. The minimum atomic E-state index is -1.03. The van der Waals surface area contributed by atoms with Gasteiger partial charge in [0, 0.05) is 18.0 Å². The van der Waals surface area contributed by atoms with Crippen LogP contribution in [0.3, 0.4) is 0 Å². The zero-order valence-corrected chi connectivity index (χ0v) is 11.4. The third-order valence-electron chi connectivity index (χ3n) is 2.83. The van der Waals surface area contributed by atoms with Gasteiger partial charge in [0.05, 0.1) is 0 Å². The molecular weight excluding hydrogens is 268 g/mol. The number of pyridine rings is 1. The van der Waals surface area contributed by atoms with Crippen molar-refractivity contribution in [1.29, 1.82) is 0 Å². The first-order valence-electron chi connectivity index (χ1n) is 6.30. The number of carboxylic acid groups (broad SMARTS) is 1. The van der Waals surface area contributed by atoms with E-state index in [0.29, 0.717) is 5.56 Å². The van der Waals surface area contributed by atoms with Crippen molar-refractivity contribution in [2.45, 2.75) is 6.92 Å². The Morgan fingerprint density at radius 2 is 1.95 bits per heavy atom. The van der Waals surface area contributed by atoms with Crippen molar-refractivity contribution < 1.29 is 14.7 Å². The van der Waals surface area contributed by atoms with Gasteiger partial charge in [0.1, 0.15) is 5.69 Å². The highest BCUT2D eigenvalue weighted by Crippen LogP contribution is 2.14. The van der Waals surface area contributed by atoms with Gasteiger partial charge in [0.2, 0.25) is 0 Å². The molecule has 106 valence electrons. The number of aryl methyl sites for hydroxylation is 1. The summed E-state index contributed by atoms with van der Waals surface area (Å²) in [4.78, 5) is 26.5. The van der Waals surface area contributed by atoms with Crippen molar-refractivity contribution in [1.82, 2.24) is 4.98 Å². The summed E-state index contributed by atoms with van der Waals surface area (Å²) < 4.78 is 0. The predicted octanol–water partition coefficient (Wildman–Crippen LogP) is 2.74. The van der Waals surface area contributed by atoms with E-state index in [9.17, 15) is 9.59 Å². The molecule has 0 spiro atoms. The van der Waals surface area contributed by atoms with Gasteiger partial charge in [-0.2, -0.15) is 0 Å². The third kappa shape index (κ3) is 4.01. The summed E-state index contributed by atoms with van der Waals surface area (Å²) >= 11 is 0. The van der Waals surface area contributed by atoms with Gasteiger partial charge in [-0.3, -0.25) is 9.78 Å². The second kappa shape index (κ2) is 6.47. The number of rotatable bonds is 4. The molecule has 21 heavy (non-hydrogen) atoms. The molecule has 2 N–H and O–H groups in total. The molecule has 0 aliphatic heterocycles. The molecule has 0 fully saturated rings. The number of nitrogens with zero attached hydrogens (tertiary/aromatic N) is 1. The monoisotopic (exact) mass is 282 g/mol. The first kappa shape index (κ1) is 14.5. The van der Waals surface area contributed by atoms with Crippen molar-refractivity contribution in [2.75, 3.05) is 5.32 Å². The zero-order chi connectivity index (χ0) is 15.2. The van der Waals surface area contributed by atoms with Crippen LogP contribution in [0.2, 0.25) is 0 Å². The Hall–Kier alpha value is -2.95. The Morgan fingerprint density at radius 3 is 2.57 bits per heavy atom. The van der Waals surface area contributed by atoms with Crippen molar-refractivity contribution in [3.63, 3.8) is 0 Å². The third-order valence-corrected chi connectivity index (χ3v) is 2.83. The maximum Gasteiger partial charge on any atom is 0.328 e. The van der Waals surface area contributed by atoms with Crippen LogP contribution in [0.1, 0.15) is 21.6 Å². The summed E-state index contributed by atoms with van der Waals surface area (Å²) in [6, 6.07) is 10.6. The normalized spacial score (nSPS) is 10.5. The Kier molecular flexibility index (Phi) is 4.46. The molecule has 1 heterocycles. The molecule has 0 bridgehead atoms. The number of carboxylic acids is 1. The largest absolute Gasteiger partial charge is 0.478 e. The number of amides is 1. The summed E-state index contributed by atoms with van der Waals surface area (Å²) in [7, 11) is 0. The number of carbonyl (C=O) groups excluding carboxylic acids is 1. The van der Waals surface area contributed by atoms with Gasteiger partial charge in [0.25, 0.3) is 5.91 Å². The fourth-order valence-corrected chi connectivity index (χ4v) is 1.71. The molecule has 1 aromatic heterocycles. The number of aliphatic carboxylic acids is 1. The van der Waals surface area contributed by atoms with Crippen LogP contribution in [-0.2, 0) is 4.79 Å². The Labute approximate surface area is 122 Å². The lowest BCUT2D eigenvalue weighted by Crippen LogP contribution is -2.14. The van der Waals surface area contributed by atoms with Crippen LogP contribution >= 0.6 is 0 Å². The van der Waals surface area contributed by atoms with Gasteiger partial charge < -0.3 is 10.4 Å². The topological polar surface area (TPSA) is 79.3 Å². The molecule has 0 saturated carbocycles. The van der Waals surface area contributed by atoms with Crippen LogP contribution in [0.5, 0.6) is 0 Å². The molecule has 2 rings (SSSR count). The summed E-state index contributed by atoms with van der Waals surface area (Å²) in [6.45, 7) is 1.91. The number of para-hydroxylation sites is 1. The van der Waals surface area contributed by atoms with E-state index in [1.807, 2.05) is 31.2 Å². The molecule has 0 unspecified atom stereocenters. The molecule has 0 aliphatic carbocycles. The molecule has 5 heteroatoms. The van der Waals surface area contributed by atoms with Crippen molar-refractivity contribution in [3.8, 4) is 0 Å². The second-order valence-corrected chi connectivity index (χ2v) is 4.42. The lowest BCUT2D eigenvalue weighted by atomic mass is 10.2. The average Bonchev–Trinajstić information content (AvgIpc) is 2.48. The van der Waals surface area contributed by atoms with E-state index in [1.165, 1.54) is 12.3 Å². The van der Waals surface area contributed by atoms with E-state index in [2.05, 4.69) is 10.3 Å². The lowest BCUT2D eigenvalue weighted by Gasteiger charge is -2.07. The number of carbonyl (C=O) groups is 2. The molecule has 1 amide bonds. The number of hydrogen-bond acceptors (Lipinski definition) is 3. The Balaban J connectivity index is 2.10. The van der Waals surface area contributed by atoms with Gasteiger partial charge in [0.15, 0.2) is 0 Å². The molecule has 0 saturated heterocycles. The SMILES string of the molecule is Cc1ccccc1NC(=O)c1ccc(C=CC(=O)O)cn1.